The van der Waals surface area contributed by atoms with E-state index in [1.54, 1.807) is 0 Å². The third kappa shape index (κ3) is 3.76. The molecule has 0 aromatic carbocycles. The second kappa shape index (κ2) is 5.94. The summed E-state index contributed by atoms with van der Waals surface area (Å²) in [7, 11) is 0. The molecule has 0 aliphatic heterocycles. The summed E-state index contributed by atoms with van der Waals surface area (Å²) in [5, 5.41) is 25.6. The molecule has 19 heavy (non-hydrogen) atoms. The molecule has 2 N–H and O–H groups in total. The summed E-state index contributed by atoms with van der Waals surface area (Å²) < 4.78 is 0.944. The number of nitrogens with one attached hydrogen (secondary N) is 1. The van der Waals surface area contributed by atoms with Gasteiger partial charge in [0.05, 0.1) is 4.92 Å². The molecule has 0 saturated carbocycles. The van der Waals surface area contributed by atoms with Crippen molar-refractivity contribution >= 4 is 17.6 Å². The number of nitrogens with zero attached hydrogens (tertiary/aromatic N) is 3. The number of hydrogen-bond donors (Lipinski definition) is 2. The minimum Gasteiger partial charge on any atom is -0.476 e. The molecule has 0 fully saturated rings. The van der Waals surface area contributed by atoms with Crippen LogP contribution >= 0.6 is 0 Å². The average Bonchev–Trinajstić information content (AvgIpc) is 2.72. The van der Waals surface area contributed by atoms with E-state index in [1.165, 1.54) is 0 Å². The highest BCUT2D eigenvalue weighted by molar-refractivity contribution is 5.90. The topological polar surface area (TPSA) is 127 Å². The fourth-order valence-electron chi connectivity index (χ4n) is 1.35. The number of aromatic nitrogens is 2. The van der Waals surface area contributed by atoms with Crippen LogP contribution in [0.15, 0.2) is 6.20 Å². The molecule has 104 valence electrons. The number of carbonyl (C=O) groups is 2. The van der Waals surface area contributed by atoms with E-state index in [1.807, 2.05) is 13.8 Å². The second-order valence-corrected chi connectivity index (χ2v) is 4.00. The van der Waals surface area contributed by atoms with E-state index in [0.29, 0.717) is 0 Å². The zero-order valence-electron chi connectivity index (χ0n) is 10.5. The van der Waals surface area contributed by atoms with Crippen molar-refractivity contribution in [1.82, 2.24) is 15.1 Å². The van der Waals surface area contributed by atoms with E-state index in [9.17, 15) is 19.7 Å². The number of carboxylic acid groups (broad SMARTS) is 1. The highest BCUT2D eigenvalue weighted by Gasteiger charge is 2.25. The molecule has 0 bridgehead atoms. The number of aromatic carboxylic acids is 1. The molecule has 9 nitrogen and oxygen atoms in total. The van der Waals surface area contributed by atoms with Crippen molar-refractivity contribution in [2.75, 3.05) is 0 Å². The molecule has 1 aromatic heterocycles. The van der Waals surface area contributed by atoms with Gasteiger partial charge in [-0.15, -0.1) is 0 Å². The van der Waals surface area contributed by atoms with Gasteiger partial charge in [0.15, 0.2) is 0 Å². The smallest absolute Gasteiger partial charge is 0.363 e. The first-order valence-corrected chi connectivity index (χ1v) is 5.59. The van der Waals surface area contributed by atoms with Crippen molar-refractivity contribution in [1.29, 1.82) is 0 Å². The van der Waals surface area contributed by atoms with Gasteiger partial charge in [0, 0.05) is 6.04 Å². The number of hydrogen-bond acceptors (Lipinski definition) is 5. The molecule has 0 aliphatic carbocycles. The van der Waals surface area contributed by atoms with E-state index < -0.39 is 22.3 Å². The van der Waals surface area contributed by atoms with Crippen molar-refractivity contribution in [2.24, 2.45) is 0 Å². The summed E-state index contributed by atoms with van der Waals surface area (Å²) in [6, 6.07) is -0.0306. The monoisotopic (exact) mass is 270 g/mol. The fourth-order valence-corrected chi connectivity index (χ4v) is 1.35. The fraction of sp³-hybridized carbons (Fsp3) is 0.500. The van der Waals surface area contributed by atoms with Crippen LogP contribution in [-0.4, -0.2) is 37.7 Å². The Morgan fingerprint density at radius 1 is 1.63 bits per heavy atom. The normalized spacial score (nSPS) is 11.9. The van der Waals surface area contributed by atoms with Gasteiger partial charge in [-0.25, -0.2) is 4.79 Å². The lowest BCUT2D eigenvalue weighted by molar-refractivity contribution is -0.385. The van der Waals surface area contributed by atoms with Gasteiger partial charge >= 0.3 is 11.7 Å². The Balaban J connectivity index is 2.85. The number of nitro groups is 1. The number of carboxylic acids is 1. The van der Waals surface area contributed by atoms with Gasteiger partial charge in [-0.1, -0.05) is 6.92 Å². The van der Waals surface area contributed by atoms with Gasteiger partial charge in [0.25, 0.3) is 0 Å². The van der Waals surface area contributed by atoms with Gasteiger partial charge in [0.2, 0.25) is 11.6 Å². The summed E-state index contributed by atoms with van der Waals surface area (Å²) in [6.45, 7) is 3.44. The SMILES string of the molecule is CCC(C)NC(=O)Cn1cc([N+](=O)[O-])c(C(=O)O)n1. The molecule has 1 amide bonds. The molecule has 0 aliphatic rings. The first kappa shape index (κ1) is 14.6. The first-order valence-electron chi connectivity index (χ1n) is 5.59. The van der Waals surface area contributed by atoms with Crippen LogP contribution in [0.1, 0.15) is 30.8 Å². The van der Waals surface area contributed by atoms with Gasteiger partial charge < -0.3 is 10.4 Å². The Labute approximate surface area is 108 Å². The summed E-state index contributed by atoms with van der Waals surface area (Å²) in [5.74, 6) is -1.89. The highest BCUT2D eigenvalue weighted by atomic mass is 16.6. The Hall–Kier alpha value is -2.45. The van der Waals surface area contributed by atoms with Crippen molar-refractivity contribution in [3.05, 3.63) is 22.0 Å². The Morgan fingerprint density at radius 2 is 2.26 bits per heavy atom. The van der Waals surface area contributed by atoms with Crippen LogP contribution in [0.3, 0.4) is 0 Å². The lowest BCUT2D eigenvalue weighted by Crippen LogP contribution is -2.34. The zero-order chi connectivity index (χ0) is 14.6. The molecule has 1 unspecified atom stereocenters. The largest absolute Gasteiger partial charge is 0.476 e. The molecule has 0 spiro atoms. The maximum atomic E-state index is 11.6. The van der Waals surface area contributed by atoms with Gasteiger partial charge in [-0.3, -0.25) is 19.6 Å². The molecule has 0 saturated heterocycles. The Morgan fingerprint density at radius 3 is 2.68 bits per heavy atom. The third-order valence-electron chi connectivity index (χ3n) is 2.47. The molecule has 9 heteroatoms. The lowest BCUT2D eigenvalue weighted by Gasteiger charge is -2.10. The summed E-state index contributed by atoms with van der Waals surface area (Å²) >= 11 is 0. The van der Waals surface area contributed by atoms with Crippen LogP contribution in [0.4, 0.5) is 5.69 Å². The standard InChI is InChI=1S/C10H14N4O5/c1-3-6(2)11-8(15)5-13-4-7(14(18)19)9(12-13)10(16)17/h4,6H,3,5H2,1-2H3,(H,11,15)(H,16,17). The van der Waals surface area contributed by atoms with Gasteiger partial charge in [-0.05, 0) is 13.3 Å². The molecule has 0 radical (unpaired) electrons. The molecular weight excluding hydrogens is 256 g/mol. The quantitative estimate of drug-likeness (QED) is 0.569. The number of amides is 1. The van der Waals surface area contributed by atoms with Crippen LogP contribution < -0.4 is 5.32 Å². The minimum absolute atomic E-state index is 0.0306. The van der Waals surface area contributed by atoms with E-state index in [0.717, 1.165) is 17.3 Å². The second-order valence-electron chi connectivity index (χ2n) is 4.00. The van der Waals surface area contributed by atoms with Crippen molar-refractivity contribution < 1.29 is 19.6 Å². The van der Waals surface area contributed by atoms with E-state index >= 15 is 0 Å². The summed E-state index contributed by atoms with van der Waals surface area (Å²) in [5.41, 5.74) is -1.31. The maximum absolute atomic E-state index is 11.6. The van der Waals surface area contributed by atoms with Crippen LogP contribution in [0.5, 0.6) is 0 Å². The van der Waals surface area contributed by atoms with Crippen molar-refractivity contribution in [2.45, 2.75) is 32.9 Å². The zero-order valence-corrected chi connectivity index (χ0v) is 10.5. The van der Waals surface area contributed by atoms with Crippen LogP contribution in [0.25, 0.3) is 0 Å². The number of carbonyl (C=O) groups excluding carboxylic acids is 1. The van der Waals surface area contributed by atoms with E-state index in [4.69, 9.17) is 5.11 Å². The molecular formula is C10H14N4O5. The van der Waals surface area contributed by atoms with Crippen molar-refractivity contribution in [3.8, 4) is 0 Å². The summed E-state index contributed by atoms with van der Waals surface area (Å²) in [6.07, 6.45) is 1.67. The van der Waals surface area contributed by atoms with Gasteiger partial charge in [-0.2, -0.15) is 5.10 Å². The van der Waals surface area contributed by atoms with Crippen molar-refractivity contribution in [3.63, 3.8) is 0 Å². The van der Waals surface area contributed by atoms with E-state index in [2.05, 4.69) is 10.4 Å². The Kier molecular flexibility index (Phi) is 4.56. The predicted octanol–water partition coefficient (Wildman–Crippen LogP) is 0.404. The lowest BCUT2D eigenvalue weighted by atomic mass is 10.2. The third-order valence-corrected chi connectivity index (χ3v) is 2.47. The van der Waals surface area contributed by atoms with Crippen LogP contribution in [0, 0.1) is 10.1 Å². The molecule has 1 heterocycles. The highest BCUT2D eigenvalue weighted by Crippen LogP contribution is 2.16. The van der Waals surface area contributed by atoms with Gasteiger partial charge in [0.1, 0.15) is 12.7 Å². The molecule has 1 rings (SSSR count). The van der Waals surface area contributed by atoms with Crippen LogP contribution in [-0.2, 0) is 11.3 Å². The number of rotatable bonds is 6. The first-order chi connectivity index (χ1) is 8.85. The predicted molar refractivity (Wildman–Crippen MR) is 63.7 cm³/mol. The Bertz CT molecular complexity index is 479. The summed E-state index contributed by atoms with van der Waals surface area (Å²) in [4.78, 5) is 32.1. The van der Waals surface area contributed by atoms with Crippen LogP contribution in [0.2, 0.25) is 0 Å². The maximum Gasteiger partial charge on any atom is 0.363 e. The molecule has 1 aromatic rings. The minimum atomic E-state index is -1.51. The van der Waals surface area contributed by atoms with E-state index in [-0.39, 0.29) is 18.5 Å². The molecule has 1 atom stereocenters. The average molecular weight is 270 g/mol.